The zero-order valence-corrected chi connectivity index (χ0v) is 9.32. The van der Waals surface area contributed by atoms with Crippen LogP contribution in [0.15, 0.2) is 41.2 Å². The van der Waals surface area contributed by atoms with Crippen LogP contribution in [-0.2, 0) is 0 Å². The number of benzene rings is 1. The predicted octanol–water partition coefficient (Wildman–Crippen LogP) is 0.903. The molecule has 0 aliphatic carbocycles. The van der Waals surface area contributed by atoms with Crippen molar-refractivity contribution < 1.29 is 4.52 Å². The zero-order valence-electron chi connectivity index (χ0n) is 9.32. The molecule has 0 unspecified atom stereocenters. The maximum absolute atomic E-state index is 6.04. The first-order valence-electron chi connectivity index (χ1n) is 5.34. The van der Waals surface area contributed by atoms with Gasteiger partial charge in [-0.05, 0) is 5.56 Å². The average Bonchev–Trinajstić information content (AvgIpc) is 3.09. The molecule has 7 nitrogen and oxygen atoms in total. The molecule has 0 fully saturated rings. The second-order valence-corrected chi connectivity index (χ2v) is 3.68. The van der Waals surface area contributed by atoms with E-state index in [2.05, 4.69) is 25.3 Å². The summed E-state index contributed by atoms with van der Waals surface area (Å²) in [6.45, 7) is 0. The topological polar surface area (TPSA) is 107 Å². The first-order chi connectivity index (χ1) is 8.84. The highest BCUT2D eigenvalue weighted by Crippen LogP contribution is 2.19. The molecule has 0 aliphatic rings. The van der Waals surface area contributed by atoms with Crippen LogP contribution in [0, 0.1) is 0 Å². The molecular formula is C11H10N6O. The molecule has 0 spiro atoms. The molecular weight excluding hydrogens is 232 g/mol. The Bertz CT molecular complexity index is 618. The Labute approximate surface area is 102 Å². The van der Waals surface area contributed by atoms with Crippen LogP contribution in [0.4, 0.5) is 0 Å². The summed E-state index contributed by atoms with van der Waals surface area (Å²) < 4.78 is 5.13. The molecule has 0 aliphatic heterocycles. The lowest BCUT2D eigenvalue weighted by atomic mass is 10.1. The van der Waals surface area contributed by atoms with Gasteiger partial charge in [-0.1, -0.05) is 35.5 Å². The lowest BCUT2D eigenvalue weighted by Gasteiger charge is -2.05. The molecule has 0 amide bonds. The van der Waals surface area contributed by atoms with Crippen molar-refractivity contribution in [3.8, 4) is 11.6 Å². The number of nitrogens with zero attached hydrogens (tertiary/aromatic N) is 4. The van der Waals surface area contributed by atoms with E-state index < -0.39 is 6.04 Å². The molecule has 3 N–H and O–H groups in total. The van der Waals surface area contributed by atoms with Crippen LogP contribution in [0.2, 0.25) is 0 Å². The largest absolute Gasteiger partial charge is 0.337 e. The fourth-order valence-electron chi connectivity index (χ4n) is 1.57. The number of nitrogens with one attached hydrogen (secondary N) is 1. The number of aromatic nitrogens is 5. The summed E-state index contributed by atoms with van der Waals surface area (Å²) in [5.74, 6) is 1.13. The van der Waals surface area contributed by atoms with Crippen LogP contribution in [0.25, 0.3) is 11.6 Å². The summed E-state index contributed by atoms with van der Waals surface area (Å²) >= 11 is 0. The Kier molecular flexibility index (Phi) is 2.58. The van der Waals surface area contributed by atoms with Gasteiger partial charge < -0.3 is 10.3 Å². The SMILES string of the molecule is N[C@@H](c1ccccc1)c1nc(-c2ncn[nH]2)no1. The molecule has 0 saturated heterocycles. The smallest absolute Gasteiger partial charge is 0.248 e. The standard InChI is InChI=1S/C11H10N6O/c12-8(7-4-2-1-3-5-7)11-15-10(17-18-11)9-13-6-14-16-9/h1-6,8H,12H2,(H,13,14,16)/t8-/m0/s1. The summed E-state index contributed by atoms with van der Waals surface area (Å²) in [4.78, 5) is 8.13. The molecule has 3 aromatic rings. The molecule has 1 atom stereocenters. The van der Waals surface area contributed by atoms with E-state index in [1.807, 2.05) is 30.3 Å². The first-order valence-corrected chi connectivity index (χ1v) is 5.34. The third-order valence-corrected chi connectivity index (χ3v) is 2.49. The predicted molar refractivity (Wildman–Crippen MR) is 62.1 cm³/mol. The van der Waals surface area contributed by atoms with Crippen molar-refractivity contribution in [3.05, 3.63) is 48.1 Å². The number of hydrogen-bond acceptors (Lipinski definition) is 6. The normalized spacial score (nSPS) is 12.5. The molecule has 2 aromatic heterocycles. The van der Waals surface area contributed by atoms with Crippen molar-refractivity contribution in [2.24, 2.45) is 5.73 Å². The Hall–Kier alpha value is -2.54. The van der Waals surface area contributed by atoms with Crippen molar-refractivity contribution in [3.63, 3.8) is 0 Å². The molecule has 3 rings (SSSR count). The van der Waals surface area contributed by atoms with E-state index in [4.69, 9.17) is 10.3 Å². The lowest BCUT2D eigenvalue weighted by Crippen LogP contribution is -2.12. The second kappa shape index (κ2) is 4.38. The van der Waals surface area contributed by atoms with Gasteiger partial charge in [-0.15, -0.1) is 0 Å². The number of rotatable bonds is 3. The van der Waals surface area contributed by atoms with Gasteiger partial charge >= 0.3 is 0 Å². The van der Waals surface area contributed by atoms with E-state index in [1.165, 1.54) is 6.33 Å². The van der Waals surface area contributed by atoms with Crippen molar-refractivity contribution >= 4 is 0 Å². The average molecular weight is 242 g/mol. The van der Waals surface area contributed by atoms with E-state index in [0.29, 0.717) is 17.5 Å². The zero-order chi connectivity index (χ0) is 12.4. The van der Waals surface area contributed by atoms with Crippen molar-refractivity contribution in [2.45, 2.75) is 6.04 Å². The van der Waals surface area contributed by atoms with Crippen molar-refractivity contribution in [2.75, 3.05) is 0 Å². The first kappa shape index (κ1) is 10.6. The third-order valence-electron chi connectivity index (χ3n) is 2.49. The van der Waals surface area contributed by atoms with Gasteiger partial charge in [0.1, 0.15) is 12.4 Å². The summed E-state index contributed by atoms with van der Waals surface area (Å²) in [6, 6.07) is 9.09. The third kappa shape index (κ3) is 1.87. The monoisotopic (exact) mass is 242 g/mol. The molecule has 1 aromatic carbocycles. The van der Waals surface area contributed by atoms with Gasteiger partial charge in [0.25, 0.3) is 0 Å². The minimum atomic E-state index is -0.449. The molecule has 0 saturated carbocycles. The van der Waals surface area contributed by atoms with E-state index >= 15 is 0 Å². The van der Waals surface area contributed by atoms with E-state index in [-0.39, 0.29) is 0 Å². The van der Waals surface area contributed by atoms with Gasteiger partial charge in [-0.3, -0.25) is 5.10 Å². The number of aromatic amines is 1. The van der Waals surface area contributed by atoms with Crippen LogP contribution >= 0.6 is 0 Å². The Morgan fingerprint density at radius 1 is 1.22 bits per heavy atom. The molecule has 7 heteroatoms. The molecule has 0 bridgehead atoms. The fraction of sp³-hybridized carbons (Fsp3) is 0.0909. The summed E-state index contributed by atoms with van der Waals surface area (Å²) in [5.41, 5.74) is 6.95. The quantitative estimate of drug-likeness (QED) is 0.706. The van der Waals surface area contributed by atoms with Gasteiger partial charge in [0.05, 0.1) is 0 Å². The van der Waals surface area contributed by atoms with Crippen LogP contribution in [0.3, 0.4) is 0 Å². The molecule has 18 heavy (non-hydrogen) atoms. The van der Waals surface area contributed by atoms with Crippen molar-refractivity contribution in [1.29, 1.82) is 0 Å². The lowest BCUT2D eigenvalue weighted by molar-refractivity contribution is 0.367. The Morgan fingerprint density at radius 3 is 2.78 bits per heavy atom. The summed E-state index contributed by atoms with van der Waals surface area (Å²) in [6.07, 6.45) is 1.38. The van der Waals surface area contributed by atoms with E-state index in [1.54, 1.807) is 0 Å². The second-order valence-electron chi connectivity index (χ2n) is 3.68. The van der Waals surface area contributed by atoms with Gasteiger partial charge in [0, 0.05) is 0 Å². The fourth-order valence-corrected chi connectivity index (χ4v) is 1.57. The molecule has 0 radical (unpaired) electrons. The van der Waals surface area contributed by atoms with Crippen molar-refractivity contribution in [1.82, 2.24) is 25.3 Å². The Balaban J connectivity index is 1.90. The summed E-state index contributed by atoms with van der Waals surface area (Å²) in [7, 11) is 0. The van der Waals surface area contributed by atoms with Gasteiger partial charge in [-0.25, -0.2) is 4.98 Å². The molecule has 90 valence electrons. The minimum Gasteiger partial charge on any atom is -0.337 e. The van der Waals surface area contributed by atoms with Crippen LogP contribution < -0.4 is 5.73 Å². The maximum Gasteiger partial charge on any atom is 0.248 e. The molecule has 2 heterocycles. The van der Waals surface area contributed by atoms with Gasteiger partial charge in [0.15, 0.2) is 5.82 Å². The maximum atomic E-state index is 6.04. The summed E-state index contributed by atoms with van der Waals surface area (Å²) in [5, 5.41) is 10.2. The van der Waals surface area contributed by atoms with Crippen LogP contribution in [0.1, 0.15) is 17.5 Å². The highest BCUT2D eigenvalue weighted by Gasteiger charge is 2.18. The number of hydrogen-bond donors (Lipinski definition) is 2. The highest BCUT2D eigenvalue weighted by atomic mass is 16.5. The van der Waals surface area contributed by atoms with Gasteiger partial charge in [-0.2, -0.15) is 10.1 Å². The minimum absolute atomic E-state index is 0.340. The van der Waals surface area contributed by atoms with E-state index in [0.717, 1.165) is 5.56 Å². The van der Waals surface area contributed by atoms with Crippen LogP contribution in [0.5, 0.6) is 0 Å². The van der Waals surface area contributed by atoms with Crippen LogP contribution in [-0.4, -0.2) is 25.3 Å². The van der Waals surface area contributed by atoms with Gasteiger partial charge in [0.2, 0.25) is 11.7 Å². The Morgan fingerprint density at radius 2 is 2.06 bits per heavy atom. The van der Waals surface area contributed by atoms with E-state index in [9.17, 15) is 0 Å². The number of nitrogens with two attached hydrogens (primary N) is 1. The number of H-pyrrole nitrogens is 1. The highest BCUT2D eigenvalue weighted by molar-refractivity contribution is 5.40.